The highest BCUT2D eigenvalue weighted by atomic mass is 32.1. The molecule has 1 aliphatic carbocycles. The summed E-state index contributed by atoms with van der Waals surface area (Å²) in [6.45, 7) is 8.04. The van der Waals surface area contributed by atoms with Crippen molar-refractivity contribution in [1.82, 2.24) is 0 Å². The molecule has 1 aliphatic rings. The summed E-state index contributed by atoms with van der Waals surface area (Å²) in [5, 5.41) is 4.49. The zero-order valence-corrected chi connectivity index (χ0v) is 12.8. The van der Waals surface area contributed by atoms with E-state index in [0.717, 1.165) is 24.3 Å². The highest BCUT2D eigenvalue weighted by molar-refractivity contribution is 7.07. The summed E-state index contributed by atoms with van der Waals surface area (Å²) in [5.74, 6) is 2.40. The van der Waals surface area contributed by atoms with E-state index in [1.807, 2.05) is 11.3 Å². The molecule has 1 aromatic heterocycles. The molecule has 1 saturated carbocycles. The summed E-state index contributed by atoms with van der Waals surface area (Å²) in [6.07, 6.45) is 5.29. The quantitative estimate of drug-likeness (QED) is 0.865. The molecule has 0 aliphatic heterocycles. The predicted molar refractivity (Wildman–Crippen MR) is 80.9 cm³/mol. The summed E-state index contributed by atoms with van der Waals surface area (Å²) in [6, 6.07) is 2.28. The van der Waals surface area contributed by atoms with Gasteiger partial charge >= 0.3 is 0 Å². The molecule has 3 unspecified atom stereocenters. The maximum Gasteiger partial charge on any atom is -0.00461 e. The topological polar surface area (TPSA) is 26.0 Å². The Morgan fingerprint density at radius 1 is 1.28 bits per heavy atom. The maximum atomic E-state index is 5.98. The first-order chi connectivity index (χ1) is 8.50. The molecule has 0 saturated heterocycles. The van der Waals surface area contributed by atoms with Crippen molar-refractivity contribution in [2.45, 2.75) is 46.5 Å². The molecule has 1 heterocycles. The van der Waals surface area contributed by atoms with Crippen molar-refractivity contribution in [3.05, 3.63) is 22.4 Å². The Balaban J connectivity index is 2.04. The van der Waals surface area contributed by atoms with Crippen LogP contribution in [0.2, 0.25) is 0 Å². The summed E-state index contributed by atoms with van der Waals surface area (Å²) in [7, 11) is 0. The number of hydrogen-bond donors (Lipinski definition) is 1. The fraction of sp³-hybridized carbons (Fsp3) is 0.750. The van der Waals surface area contributed by atoms with Crippen LogP contribution >= 0.6 is 11.3 Å². The van der Waals surface area contributed by atoms with Crippen LogP contribution in [-0.4, -0.2) is 6.54 Å². The summed E-state index contributed by atoms with van der Waals surface area (Å²) in [4.78, 5) is 0. The van der Waals surface area contributed by atoms with E-state index in [-0.39, 0.29) is 0 Å². The Labute approximate surface area is 116 Å². The maximum absolute atomic E-state index is 5.98. The van der Waals surface area contributed by atoms with Crippen molar-refractivity contribution < 1.29 is 0 Å². The SMILES string of the molecule is CC(C)(C)C1CCC(CN)C(Cc2ccsc2)C1. The lowest BCUT2D eigenvalue weighted by molar-refractivity contribution is 0.101. The van der Waals surface area contributed by atoms with E-state index in [4.69, 9.17) is 5.73 Å². The molecule has 2 N–H and O–H groups in total. The lowest BCUT2D eigenvalue weighted by Gasteiger charge is -2.41. The Morgan fingerprint density at radius 2 is 2.06 bits per heavy atom. The first-order valence-corrected chi connectivity index (χ1v) is 8.16. The first-order valence-electron chi connectivity index (χ1n) is 7.22. The van der Waals surface area contributed by atoms with Gasteiger partial charge in [0.2, 0.25) is 0 Å². The molecule has 18 heavy (non-hydrogen) atoms. The van der Waals surface area contributed by atoms with Crippen LogP contribution in [-0.2, 0) is 6.42 Å². The van der Waals surface area contributed by atoms with E-state index in [2.05, 4.69) is 37.6 Å². The normalized spacial score (nSPS) is 29.4. The lowest BCUT2D eigenvalue weighted by atomic mass is 9.64. The van der Waals surface area contributed by atoms with Crippen molar-refractivity contribution in [1.29, 1.82) is 0 Å². The fourth-order valence-corrected chi connectivity index (χ4v) is 4.07. The van der Waals surface area contributed by atoms with Crippen LogP contribution in [0.15, 0.2) is 16.8 Å². The van der Waals surface area contributed by atoms with Crippen molar-refractivity contribution >= 4 is 11.3 Å². The average molecular weight is 265 g/mol. The van der Waals surface area contributed by atoms with Gasteiger partial charge in [-0.15, -0.1) is 0 Å². The summed E-state index contributed by atoms with van der Waals surface area (Å²) >= 11 is 1.81. The van der Waals surface area contributed by atoms with Crippen molar-refractivity contribution in [2.24, 2.45) is 28.9 Å². The molecule has 102 valence electrons. The van der Waals surface area contributed by atoms with E-state index in [0.29, 0.717) is 5.41 Å². The van der Waals surface area contributed by atoms with Gasteiger partial charge in [-0.3, -0.25) is 0 Å². The van der Waals surface area contributed by atoms with Crippen LogP contribution in [0, 0.1) is 23.2 Å². The molecule has 1 fully saturated rings. The van der Waals surface area contributed by atoms with Crippen LogP contribution in [0.3, 0.4) is 0 Å². The van der Waals surface area contributed by atoms with Crippen molar-refractivity contribution in [3.8, 4) is 0 Å². The minimum absolute atomic E-state index is 0.451. The largest absolute Gasteiger partial charge is 0.330 e. The second kappa shape index (κ2) is 5.75. The zero-order chi connectivity index (χ0) is 13.2. The number of hydrogen-bond acceptors (Lipinski definition) is 2. The predicted octanol–water partition coefficient (Wildman–Crippen LogP) is 4.33. The first kappa shape index (κ1) is 14.1. The molecule has 0 spiro atoms. The van der Waals surface area contributed by atoms with Crippen LogP contribution in [0.1, 0.15) is 45.6 Å². The van der Waals surface area contributed by atoms with E-state index in [1.54, 1.807) is 0 Å². The lowest BCUT2D eigenvalue weighted by Crippen LogP contribution is -2.36. The molecule has 0 aromatic carbocycles. The molecule has 0 bridgehead atoms. The van der Waals surface area contributed by atoms with Crippen LogP contribution in [0.25, 0.3) is 0 Å². The number of nitrogens with two attached hydrogens (primary N) is 1. The third-order valence-corrected chi connectivity index (χ3v) is 5.48. The third-order valence-electron chi connectivity index (χ3n) is 4.75. The second-order valence-corrected chi connectivity index (χ2v) is 7.75. The van der Waals surface area contributed by atoms with E-state index in [9.17, 15) is 0 Å². The molecular formula is C16H27NS. The van der Waals surface area contributed by atoms with E-state index < -0.39 is 0 Å². The highest BCUT2D eigenvalue weighted by Gasteiger charge is 2.35. The van der Waals surface area contributed by atoms with Gasteiger partial charge in [-0.05, 0) is 77.8 Å². The molecule has 2 heteroatoms. The van der Waals surface area contributed by atoms with Crippen LogP contribution in [0.5, 0.6) is 0 Å². The molecule has 1 nitrogen and oxygen atoms in total. The standard InChI is InChI=1S/C16H27NS/c1-16(2,3)15-5-4-13(10-17)14(9-15)8-12-6-7-18-11-12/h6-7,11,13-15H,4-5,8-10,17H2,1-3H3. The highest BCUT2D eigenvalue weighted by Crippen LogP contribution is 2.43. The van der Waals surface area contributed by atoms with E-state index >= 15 is 0 Å². The van der Waals surface area contributed by atoms with Gasteiger partial charge in [0.05, 0.1) is 0 Å². The molecular weight excluding hydrogens is 238 g/mol. The molecule has 2 rings (SSSR count). The summed E-state index contributed by atoms with van der Waals surface area (Å²) < 4.78 is 0. The minimum atomic E-state index is 0.451. The monoisotopic (exact) mass is 265 g/mol. The van der Waals surface area contributed by atoms with Crippen molar-refractivity contribution in [2.75, 3.05) is 6.54 Å². The van der Waals surface area contributed by atoms with E-state index in [1.165, 1.54) is 31.2 Å². The van der Waals surface area contributed by atoms with Gasteiger partial charge < -0.3 is 5.73 Å². The van der Waals surface area contributed by atoms with Crippen LogP contribution < -0.4 is 5.73 Å². The Morgan fingerprint density at radius 3 is 2.61 bits per heavy atom. The minimum Gasteiger partial charge on any atom is -0.330 e. The Hall–Kier alpha value is -0.340. The smallest absolute Gasteiger partial charge is 0.00461 e. The van der Waals surface area contributed by atoms with Crippen molar-refractivity contribution in [3.63, 3.8) is 0 Å². The molecule has 0 radical (unpaired) electrons. The molecule has 1 aromatic rings. The average Bonchev–Trinajstić information content (AvgIpc) is 2.80. The second-order valence-electron chi connectivity index (χ2n) is 6.97. The Bertz CT molecular complexity index is 350. The third kappa shape index (κ3) is 3.36. The molecule has 3 atom stereocenters. The van der Waals surface area contributed by atoms with Crippen LogP contribution in [0.4, 0.5) is 0 Å². The number of rotatable bonds is 3. The Kier molecular flexibility index (Phi) is 4.50. The van der Waals surface area contributed by atoms with Gasteiger partial charge in [-0.1, -0.05) is 20.8 Å². The van der Waals surface area contributed by atoms with Gasteiger partial charge in [0.25, 0.3) is 0 Å². The zero-order valence-electron chi connectivity index (χ0n) is 12.0. The van der Waals surface area contributed by atoms with Gasteiger partial charge in [-0.25, -0.2) is 0 Å². The van der Waals surface area contributed by atoms with Gasteiger partial charge in [0, 0.05) is 0 Å². The van der Waals surface area contributed by atoms with Gasteiger partial charge in [0.15, 0.2) is 0 Å². The summed E-state index contributed by atoms with van der Waals surface area (Å²) in [5.41, 5.74) is 7.94. The number of thiophene rings is 1. The fourth-order valence-electron chi connectivity index (χ4n) is 3.39. The van der Waals surface area contributed by atoms with Gasteiger partial charge in [0.1, 0.15) is 0 Å². The molecule has 0 amide bonds. The van der Waals surface area contributed by atoms with Gasteiger partial charge in [-0.2, -0.15) is 11.3 Å².